The highest BCUT2D eigenvalue weighted by atomic mass is 32.1. The molecule has 7 heteroatoms. The Morgan fingerprint density at radius 3 is 2.84 bits per heavy atom. The molecule has 2 aromatic rings. The number of nitrogens with one attached hydrogen (secondary N) is 1. The van der Waals surface area contributed by atoms with Gasteiger partial charge >= 0.3 is 5.97 Å². The first kappa shape index (κ1) is 17.2. The summed E-state index contributed by atoms with van der Waals surface area (Å²) in [7, 11) is 0. The van der Waals surface area contributed by atoms with Gasteiger partial charge in [0.15, 0.2) is 6.61 Å². The van der Waals surface area contributed by atoms with Crippen molar-refractivity contribution in [2.75, 3.05) is 11.9 Å². The van der Waals surface area contributed by atoms with Gasteiger partial charge in [0, 0.05) is 10.4 Å². The number of amides is 1. The smallest absolute Gasteiger partial charge is 0.348 e. The minimum Gasteiger partial charge on any atom is -0.451 e. The van der Waals surface area contributed by atoms with E-state index in [4.69, 9.17) is 14.4 Å². The molecule has 0 spiro atoms. The maximum atomic E-state index is 12.1. The first-order chi connectivity index (χ1) is 12.0. The molecule has 1 aliphatic carbocycles. The quantitative estimate of drug-likeness (QED) is 0.845. The zero-order valence-electron chi connectivity index (χ0n) is 14.1. The molecule has 1 aliphatic rings. The van der Waals surface area contributed by atoms with E-state index in [0.717, 1.165) is 25.7 Å². The minimum absolute atomic E-state index is 0.0881. The van der Waals surface area contributed by atoms with Gasteiger partial charge in [-0.05, 0) is 51.2 Å². The standard InChI is InChI=1S/C18H18N2O4S/c1-10-11(2)24-17(13(10)8-19)20-16(21)9-23-18(22)15-7-12-5-3-4-6-14(12)25-15/h7H,3-6,9H2,1-2H3,(H,20,21). The average molecular weight is 358 g/mol. The van der Waals surface area contributed by atoms with Gasteiger partial charge in [0.25, 0.3) is 5.91 Å². The summed E-state index contributed by atoms with van der Waals surface area (Å²) < 4.78 is 10.4. The molecule has 25 heavy (non-hydrogen) atoms. The number of furan rings is 1. The average Bonchev–Trinajstić information content (AvgIpc) is 3.14. The van der Waals surface area contributed by atoms with Crippen LogP contribution in [0.25, 0.3) is 0 Å². The van der Waals surface area contributed by atoms with Gasteiger partial charge in [-0.15, -0.1) is 11.3 Å². The molecule has 0 bridgehead atoms. The number of carbonyl (C=O) groups is 2. The Bertz CT molecular complexity index is 849. The number of esters is 1. The summed E-state index contributed by atoms with van der Waals surface area (Å²) in [6, 6.07) is 3.86. The summed E-state index contributed by atoms with van der Waals surface area (Å²) in [4.78, 5) is 25.9. The fourth-order valence-electron chi connectivity index (χ4n) is 2.81. The molecular formula is C18H18N2O4S. The van der Waals surface area contributed by atoms with Crippen molar-refractivity contribution in [2.24, 2.45) is 0 Å². The molecule has 0 aromatic carbocycles. The van der Waals surface area contributed by atoms with E-state index in [1.807, 2.05) is 12.1 Å². The van der Waals surface area contributed by atoms with Gasteiger partial charge in [-0.1, -0.05) is 0 Å². The normalized spacial score (nSPS) is 13.0. The third-order valence-corrected chi connectivity index (χ3v) is 5.50. The Balaban J connectivity index is 1.59. The van der Waals surface area contributed by atoms with E-state index in [0.29, 0.717) is 16.2 Å². The largest absolute Gasteiger partial charge is 0.451 e. The number of anilines is 1. The van der Waals surface area contributed by atoms with Gasteiger partial charge in [-0.25, -0.2) is 4.79 Å². The lowest BCUT2D eigenvalue weighted by Crippen LogP contribution is -2.20. The Kier molecular flexibility index (Phi) is 4.91. The molecule has 0 radical (unpaired) electrons. The van der Waals surface area contributed by atoms with E-state index in [1.165, 1.54) is 21.8 Å². The van der Waals surface area contributed by atoms with Crippen LogP contribution < -0.4 is 5.32 Å². The van der Waals surface area contributed by atoms with Crippen LogP contribution in [0.4, 0.5) is 5.88 Å². The number of nitrogens with zero attached hydrogens (tertiary/aromatic N) is 1. The van der Waals surface area contributed by atoms with Gasteiger partial charge in [0.2, 0.25) is 5.88 Å². The Hall–Kier alpha value is -2.59. The van der Waals surface area contributed by atoms with Gasteiger partial charge < -0.3 is 9.15 Å². The van der Waals surface area contributed by atoms with Crippen LogP contribution in [-0.4, -0.2) is 18.5 Å². The van der Waals surface area contributed by atoms with Crippen LogP contribution in [-0.2, 0) is 22.4 Å². The highest BCUT2D eigenvalue weighted by molar-refractivity contribution is 7.14. The van der Waals surface area contributed by atoms with Crippen LogP contribution in [0.3, 0.4) is 0 Å². The summed E-state index contributed by atoms with van der Waals surface area (Å²) in [5, 5.41) is 11.6. The number of nitriles is 1. The maximum absolute atomic E-state index is 12.1. The third-order valence-electron chi connectivity index (χ3n) is 4.28. The second-order valence-electron chi connectivity index (χ2n) is 5.99. The molecular weight excluding hydrogens is 340 g/mol. The molecule has 1 N–H and O–H groups in total. The lowest BCUT2D eigenvalue weighted by Gasteiger charge is -2.08. The molecule has 0 saturated carbocycles. The van der Waals surface area contributed by atoms with Crippen molar-refractivity contribution >= 4 is 29.1 Å². The van der Waals surface area contributed by atoms with Gasteiger partial charge in [0.05, 0.1) is 0 Å². The Morgan fingerprint density at radius 2 is 2.12 bits per heavy atom. The molecule has 0 fully saturated rings. The number of hydrogen-bond donors (Lipinski definition) is 1. The lowest BCUT2D eigenvalue weighted by atomic mass is 9.99. The number of ether oxygens (including phenoxy) is 1. The topological polar surface area (TPSA) is 92.3 Å². The van der Waals surface area contributed by atoms with Crippen LogP contribution in [0.15, 0.2) is 10.5 Å². The Morgan fingerprint density at radius 1 is 1.36 bits per heavy atom. The molecule has 0 aliphatic heterocycles. The maximum Gasteiger partial charge on any atom is 0.348 e. The molecule has 3 rings (SSSR count). The third kappa shape index (κ3) is 3.59. The molecule has 1 amide bonds. The first-order valence-corrected chi connectivity index (χ1v) is 8.90. The molecule has 0 atom stereocenters. The fraction of sp³-hybridized carbons (Fsp3) is 0.389. The number of fused-ring (bicyclic) bond motifs is 1. The predicted octanol–water partition coefficient (Wildman–Crippen LogP) is 3.50. The molecule has 2 heterocycles. The molecule has 0 saturated heterocycles. The SMILES string of the molecule is Cc1oc(NC(=O)COC(=O)c2cc3c(s2)CCCC3)c(C#N)c1C. The monoisotopic (exact) mass is 358 g/mol. The van der Waals surface area contributed by atoms with Crippen LogP contribution in [0, 0.1) is 25.2 Å². The second kappa shape index (κ2) is 7.11. The fourth-order valence-corrected chi connectivity index (χ4v) is 3.95. The van der Waals surface area contributed by atoms with Crippen LogP contribution in [0.5, 0.6) is 0 Å². The molecule has 2 aromatic heterocycles. The van der Waals surface area contributed by atoms with Crippen molar-refractivity contribution in [3.63, 3.8) is 0 Å². The summed E-state index contributed by atoms with van der Waals surface area (Å²) in [6.07, 6.45) is 4.28. The molecule has 6 nitrogen and oxygen atoms in total. The van der Waals surface area contributed by atoms with E-state index in [1.54, 1.807) is 13.8 Å². The van der Waals surface area contributed by atoms with E-state index < -0.39 is 18.5 Å². The molecule has 0 unspecified atom stereocenters. The van der Waals surface area contributed by atoms with E-state index in [2.05, 4.69) is 5.32 Å². The number of carbonyl (C=O) groups excluding carboxylic acids is 2. The first-order valence-electron chi connectivity index (χ1n) is 8.08. The van der Waals surface area contributed by atoms with Crippen molar-refractivity contribution in [2.45, 2.75) is 39.5 Å². The van der Waals surface area contributed by atoms with Crippen molar-refractivity contribution in [3.05, 3.63) is 38.3 Å². The molecule has 130 valence electrons. The zero-order chi connectivity index (χ0) is 18.0. The summed E-state index contributed by atoms with van der Waals surface area (Å²) in [5.41, 5.74) is 2.18. The summed E-state index contributed by atoms with van der Waals surface area (Å²) in [6.45, 7) is 3.03. The van der Waals surface area contributed by atoms with E-state index >= 15 is 0 Å². The van der Waals surface area contributed by atoms with Crippen LogP contribution in [0.2, 0.25) is 0 Å². The van der Waals surface area contributed by atoms with Gasteiger partial charge in [-0.2, -0.15) is 5.26 Å². The van der Waals surface area contributed by atoms with Gasteiger partial charge in [-0.3, -0.25) is 10.1 Å². The minimum atomic E-state index is -0.542. The number of thiophene rings is 1. The van der Waals surface area contributed by atoms with Crippen molar-refractivity contribution in [1.82, 2.24) is 0 Å². The van der Waals surface area contributed by atoms with Crippen molar-refractivity contribution in [3.8, 4) is 6.07 Å². The van der Waals surface area contributed by atoms with E-state index in [-0.39, 0.29) is 11.4 Å². The number of hydrogen-bond acceptors (Lipinski definition) is 6. The second-order valence-corrected chi connectivity index (χ2v) is 7.13. The zero-order valence-corrected chi connectivity index (χ0v) is 14.9. The van der Waals surface area contributed by atoms with Crippen LogP contribution >= 0.6 is 11.3 Å². The highest BCUT2D eigenvalue weighted by Gasteiger charge is 2.20. The predicted molar refractivity (Wildman–Crippen MR) is 92.8 cm³/mol. The van der Waals surface area contributed by atoms with E-state index in [9.17, 15) is 9.59 Å². The van der Waals surface area contributed by atoms with Crippen molar-refractivity contribution in [1.29, 1.82) is 5.26 Å². The highest BCUT2D eigenvalue weighted by Crippen LogP contribution is 2.30. The van der Waals surface area contributed by atoms with Crippen molar-refractivity contribution < 1.29 is 18.7 Å². The summed E-state index contributed by atoms with van der Waals surface area (Å²) in [5.74, 6) is -0.389. The summed E-state index contributed by atoms with van der Waals surface area (Å²) >= 11 is 1.44. The number of aryl methyl sites for hydroxylation is 3. The number of rotatable bonds is 4. The van der Waals surface area contributed by atoms with Crippen LogP contribution in [0.1, 0.15) is 49.8 Å². The lowest BCUT2D eigenvalue weighted by molar-refractivity contribution is -0.119. The Labute approximate surface area is 149 Å². The van der Waals surface area contributed by atoms with Gasteiger partial charge in [0.1, 0.15) is 22.3 Å².